The number of aliphatic hydroxyl groups is 2. The highest BCUT2D eigenvalue weighted by Gasteiger charge is 2.20. The lowest BCUT2D eigenvalue weighted by Crippen LogP contribution is -2.45. The minimum Gasteiger partial charge on any atom is -0.466 e. The molecule has 0 aromatic heterocycles. The van der Waals surface area contributed by atoms with Crippen molar-refractivity contribution in [2.24, 2.45) is 0 Å². The fraction of sp³-hybridized carbons (Fsp3) is 0.897. The maximum Gasteiger partial charge on any atom is 0.305 e. The fourth-order valence-corrected chi connectivity index (χ4v) is 8.85. The highest BCUT2D eigenvalue weighted by atomic mass is 16.5. The second-order valence-corrected chi connectivity index (χ2v) is 19.6. The molecule has 0 saturated carbocycles. The molecule has 3 N–H and O–H groups in total. The number of nitrogens with one attached hydrogen (secondary N) is 1. The molecule has 0 spiro atoms. The molecule has 0 aliphatic rings. The van der Waals surface area contributed by atoms with Gasteiger partial charge in [0.05, 0.1) is 25.4 Å². The summed E-state index contributed by atoms with van der Waals surface area (Å²) in [5, 5.41) is 23.2. The molecule has 378 valence electrons. The number of hydrogen-bond acceptors (Lipinski definition) is 5. The molecule has 2 unspecified atom stereocenters. The first-order chi connectivity index (χ1) is 31.5. The number of unbranched alkanes of at least 4 members (excludes halogenated alkanes) is 38. The summed E-state index contributed by atoms with van der Waals surface area (Å²) in [5.74, 6) is -0.0372. The van der Waals surface area contributed by atoms with E-state index in [9.17, 15) is 19.8 Å². The maximum absolute atomic E-state index is 12.4. The van der Waals surface area contributed by atoms with Crippen LogP contribution in [0.3, 0.4) is 0 Å². The summed E-state index contributed by atoms with van der Waals surface area (Å²) in [5.41, 5.74) is 0. The molecule has 0 aliphatic heterocycles. The van der Waals surface area contributed by atoms with Crippen LogP contribution in [0.15, 0.2) is 24.3 Å². The van der Waals surface area contributed by atoms with Crippen LogP contribution in [0.1, 0.15) is 309 Å². The Bertz CT molecular complexity index is 997. The van der Waals surface area contributed by atoms with E-state index < -0.39 is 12.1 Å². The molecule has 0 rings (SSSR count). The van der Waals surface area contributed by atoms with Gasteiger partial charge in [-0.3, -0.25) is 9.59 Å². The van der Waals surface area contributed by atoms with Crippen molar-refractivity contribution in [2.45, 2.75) is 321 Å². The molecule has 6 nitrogen and oxygen atoms in total. The van der Waals surface area contributed by atoms with Gasteiger partial charge in [0, 0.05) is 12.8 Å². The summed E-state index contributed by atoms with van der Waals surface area (Å²) in [6, 6.07) is -0.542. The molecule has 0 fully saturated rings. The standard InChI is InChI=1S/C58H111NO5/c1-3-5-7-9-11-13-15-16-17-21-25-28-32-36-40-44-48-52-58(63)64-53-49-45-41-37-33-29-26-23-20-18-19-22-24-27-31-35-39-43-47-51-57(62)59-55(54-60)56(61)50-46-42-38-34-30-14-12-10-8-6-4-2/h11,13,16-17,55-56,60-61H,3-10,12,14-15,18-54H2,1-2H3,(H,59,62)/b13-11-,17-16-. The van der Waals surface area contributed by atoms with Crippen molar-refractivity contribution in [3.63, 3.8) is 0 Å². The van der Waals surface area contributed by atoms with Crippen molar-refractivity contribution in [3.05, 3.63) is 24.3 Å². The van der Waals surface area contributed by atoms with Crippen molar-refractivity contribution < 1.29 is 24.5 Å². The predicted octanol–water partition coefficient (Wildman–Crippen LogP) is 17.5. The minimum absolute atomic E-state index is 0.00135. The number of esters is 1. The molecule has 0 bridgehead atoms. The normalized spacial score (nSPS) is 12.8. The molecule has 1 amide bonds. The van der Waals surface area contributed by atoms with Crippen LogP contribution in [0.4, 0.5) is 0 Å². The summed E-state index contributed by atoms with van der Waals surface area (Å²) in [6.07, 6.45) is 64.5. The lowest BCUT2D eigenvalue weighted by atomic mass is 10.0. The zero-order valence-corrected chi connectivity index (χ0v) is 43.0. The summed E-state index contributed by atoms with van der Waals surface area (Å²) in [7, 11) is 0. The summed E-state index contributed by atoms with van der Waals surface area (Å²) < 4.78 is 5.48. The van der Waals surface area contributed by atoms with Gasteiger partial charge in [0.2, 0.25) is 5.91 Å². The molecule has 0 saturated heterocycles. The number of allylic oxidation sites excluding steroid dienone is 4. The Kier molecular flexibility index (Phi) is 52.6. The summed E-state index contributed by atoms with van der Waals surface area (Å²) >= 11 is 0. The molecule has 0 aromatic rings. The van der Waals surface area contributed by atoms with Crippen LogP contribution in [-0.2, 0) is 14.3 Å². The first-order valence-electron chi connectivity index (χ1n) is 28.6. The molecule has 0 aliphatic carbocycles. The van der Waals surface area contributed by atoms with Crippen LogP contribution in [-0.4, -0.2) is 47.4 Å². The van der Waals surface area contributed by atoms with Crippen LogP contribution in [0.5, 0.6) is 0 Å². The van der Waals surface area contributed by atoms with Crippen molar-refractivity contribution in [3.8, 4) is 0 Å². The van der Waals surface area contributed by atoms with E-state index in [1.54, 1.807) is 0 Å². The highest BCUT2D eigenvalue weighted by molar-refractivity contribution is 5.76. The Morgan fingerprint density at radius 1 is 0.438 bits per heavy atom. The van der Waals surface area contributed by atoms with Gasteiger partial charge in [0.25, 0.3) is 0 Å². The van der Waals surface area contributed by atoms with Gasteiger partial charge >= 0.3 is 5.97 Å². The summed E-state index contributed by atoms with van der Waals surface area (Å²) in [4.78, 5) is 24.5. The van der Waals surface area contributed by atoms with E-state index in [4.69, 9.17) is 4.74 Å². The largest absolute Gasteiger partial charge is 0.466 e. The third-order valence-corrected chi connectivity index (χ3v) is 13.3. The van der Waals surface area contributed by atoms with E-state index >= 15 is 0 Å². The number of aliphatic hydroxyl groups excluding tert-OH is 2. The molecular weight excluding hydrogens is 791 g/mol. The molecule has 2 atom stereocenters. The zero-order chi connectivity index (χ0) is 46.5. The van der Waals surface area contributed by atoms with Crippen molar-refractivity contribution >= 4 is 11.9 Å². The molecule has 64 heavy (non-hydrogen) atoms. The van der Waals surface area contributed by atoms with Crippen LogP contribution < -0.4 is 5.32 Å². The smallest absolute Gasteiger partial charge is 0.305 e. The molecule has 6 heteroatoms. The van der Waals surface area contributed by atoms with Crippen LogP contribution >= 0.6 is 0 Å². The van der Waals surface area contributed by atoms with Gasteiger partial charge in [-0.25, -0.2) is 0 Å². The monoisotopic (exact) mass is 902 g/mol. The second-order valence-electron chi connectivity index (χ2n) is 19.6. The Morgan fingerprint density at radius 3 is 1.22 bits per heavy atom. The number of carbonyl (C=O) groups is 2. The quantitative estimate of drug-likeness (QED) is 0.0321. The van der Waals surface area contributed by atoms with Gasteiger partial charge in [-0.15, -0.1) is 0 Å². The number of hydrogen-bond donors (Lipinski definition) is 3. The van der Waals surface area contributed by atoms with E-state index in [1.165, 1.54) is 225 Å². The third kappa shape index (κ3) is 49.8. The highest BCUT2D eigenvalue weighted by Crippen LogP contribution is 2.17. The van der Waals surface area contributed by atoms with Crippen LogP contribution in [0.2, 0.25) is 0 Å². The van der Waals surface area contributed by atoms with E-state index in [0.717, 1.165) is 51.4 Å². The number of carbonyl (C=O) groups excluding carboxylic acids is 2. The van der Waals surface area contributed by atoms with E-state index in [1.807, 2.05) is 0 Å². The first kappa shape index (κ1) is 62.3. The predicted molar refractivity (Wildman–Crippen MR) is 278 cm³/mol. The van der Waals surface area contributed by atoms with Gasteiger partial charge in [0.15, 0.2) is 0 Å². The molecule has 0 radical (unpaired) electrons. The first-order valence-corrected chi connectivity index (χ1v) is 28.6. The molecule has 0 aromatic carbocycles. The SMILES string of the molecule is CCCCC/C=C\C/C=C\CCCCCCCCCC(=O)OCCCCCCCCCCCCCCCCCCCCCC(=O)NC(CO)C(O)CCCCCCCCCCCCC. The average molecular weight is 903 g/mol. The Hall–Kier alpha value is -1.66. The zero-order valence-electron chi connectivity index (χ0n) is 43.0. The van der Waals surface area contributed by atoms with Crippen LogP contribution in [0.25, 0.3) is 0 Å². The van der Waals surface area contributed by atoms with Gasteiger partial charge < -0.3 is 20.3 Å². The Balaban J connectivity index is 3.38. The van der Waals surface area contributed by atoms with Gasteiger partial charge in [0.1, 0.15) is 0 Å². The molecule has 0 heterocycles. The van der Waals surface area contributed by atoms with Crippen molar-refractivity contribution in [1.29, 1.82) is 0 Å². The third-order valence-electron chi connectivity index (χ3n) is 13.3. The van der Waals surface area contributed by atoms with Gasteiger partial charge in [-0.05, 0) is 57.8 Å². The molecular formula is C58H111NO5. The van der Waals surface area contributed by atoms with Crippen molar-refractivity contribution in [1.82, 2.24) is 5.32 Å². The summed E-state index contributed by atoms with van der Waals surface area (Å²) in [6.45, 7) is 4.92. The lowest BCUT2D eigenvalue weighted by molar-refractivity contribution is -0.143. The maximum atomic E-state index is 12.4. The fourth-order valence-electron chi connectivity index (χ4n) is 8.85. The minimum atomic E-state index is -0.664. The second kappa shape index (κ2) is 54.0. The van der Waals surface area contributed by atoms with E-state index in [0.29, 0.717) is 25.9 Å². The average Bonchev–Trinajstić information content (AvgIpc) is 3.29. The number of ether oxygens (including phenoxy) is 1. The van der Waals surface area contributed by atoms with Gasteiger partial charge in [-0.1, -0.05) is 263 Å². The van der Waals surface area contributed by atoms with Gasteiger partial charge in [-0.2, -0.15) is 0 Å². The van der Waals surface area contributed by atoms with E-state index in [-0.39, 0.29) is 18.5 Å². The van der Waals surface area contributed by atoms with E-state index in [2.05, 4.69) is 43.5 Å². The lowest BCUT2D eigenvalue weighted by Gasteiger charge is -2.22. The topological polar surface area (TPSA) is 95.9 Å². The number of rotatable bonds is 53. The van der Waals surface area contributed by atoms with Crippen LogP contribution in [0, 0.1) is 0 Å². The van der Waals surface area contributed by atoms with Crippen molar-refractivity contribution in [2.75, 3.05) is 13.2 Å². The number of amides is 1. The Morgan fingerprint density at radius 2 is 0.781 bits per heavy atom. The Labute approximate surface area is 399 Å².